The van der Waals surface area contributed by atoms with Crippen LogP contribution in [-0.2, 0) is 19.4 Å². The Labute approximate surface area is 226 Å². The smallest absolute Gasteiger partial charge is 0.280 e. The highest BCUT2D eigenvalue weighted by Gasteiger charge is 2.35. The summed E-state index contributed by atoms with van der Waals surface area (Å²) in [6.45, 7) is 0.792. The van der Waals surface area contributed by atoms with Crippen LogP contribution in [0, 0.1) is 5.92 Å². The van der Waals surface area contributed by atoms with Crippen LogP contribution in [0.1, 0.15) is 90.4 Å². The summed E-state index contributed by atoms with van der Waals surface area (Å²) in [5, 5.41) is 8.27. The molecule has 1 aromatic heterocycles. The number of hydrogen-bond donors (Lipinski definition) is 2. The van der Waals surface area contributed by atoms with Crippen LogP contribution in [0.3, 0.4) is 0 Å². The summed E-state index contributed by atoms with van der Waals surface area (Å²) in [5.41, 5.74) is 2.39. The average molecular weight is 547 g/mol. The molecule has 1 atom stereocenters. The van der Waals surface area contributed by atoms with Gasteiger partial charge in [-0.15, -0.1) is 0 Å². The lowest BCUT2D eigenvalue weighted by atomic mass is 9.95. The maximum absolute atomic E-state index is 13.3. The van der Waals surface area contributed by atoms with Gasteiger partial charge in [-0.05, 0) is 67.7 Å². The van der Waals surface area contributed by atoms with Crippen molar-refractivity contribution >= 4 is 23.8 Å². The number of rotatable bonds is 12. The third kappa shape index (κ3) is 7.07. The summed E-state index contributed by atoms with van der Waals surface area (Å²) in [6, 6.07) is 7.00. The molecular weight excluding hydrogens is 510 g/mol. The molecule has 2 saturated carbocycles. The van der Waals surface area contributed by atoms with Crippen molar-refractivity contribution in [1.82, 2.24) is 19.8 Å². The summed E-state index contributed by atoms with van der Waals surface area (Å²) in [7, 11) is 0. The topological polar surface area (TPSA) is 85.2 Å². The van der Waals surface area contributed by atoms with E-state index in [1.807, 2.05) is 6.07 Å². The van der Waals surface area contributed by atoms with Gasteiger partial charge in [0.25, 0.3) is 17.7 Å². The Morgan fingerprint density at radius 1 is 1.24 bits per heavy atom. The van der Waals surface area contributed by atoms with Crippen molar-refractivity contribution in [3.8, 4) is 5.75 Å². The Balaban J connectivity index is 1.25. The molecular formula is C28H36F2N4O3S. The Morgan fingerprint density at radius 2 is 2.03 bits per heavy atom. The first-order chi connectivity index (χ1) is 18.2. The van der Waals surface area contributed by atoms with E-state index in [1.165, 1.54) is 37.6 Å². The fourth-order valence-electron chi connectivity index (χ4n) is 5.25. The molecule has 38 heavy (non-hydrogen) atoms. The van der Waals surface area contributed by atoms with E-state index in [0.29, 0.717) is 59.7 Å². The van der Waals surface area contributed by atoms with Crippen LogP contribution < -0.4 is 14.8 Å². The highest BCUT2D eigenvalue weighted by molar-refractivity contribution is 7.98. The first-order valence-corrected chi connectivity index (χ1v) is 14.6. The fourth-order valence-corrected chi connectivity index (χ4v) is 6.19. The van der Waals surface area contributed by atoms with Crippen molar-refractivity contribution in [2.45, 2.75) is 94.9 Å². The van der Waals surface area contributed by atoms with E-state index in [0.717, 1.165) is 31.7 Å². The van der Waals surface area contributed by atoms with Gasteiger partial charge in [0.2, 0.25) is 0 Å². The number of aromatic nitrogens is 2. The molecule has 0 bridgehead atoms. The second-order valence-corrected chi connectivity index (χ2v) is 12.1. The van der Waals surface area contributed by atoms with E-state index >= 15 is 0 Å². The van der Waals surface area contributed by atoms with Crippen molar-refractivity contribution in [2.75, 3.05) is 6.61 Å². The Kier molecular flexibility index (Phi) is 8.26. The van der Waals surface area contributed by atoms with Crippen molar-refractivity contribution in [1.29, 1.82) is 0 Å². The van der Waals surface area contributed by atoms with Gasteiger partial charge in [0.05, 0.1) is 11.3 Å². The molecule has 206 valence electrons. The molecule has 2 amide bonds. The number of benzene rings is 1. The van der Waals surface area contributed by atoms with Gasteiger partial charge >= 0.3 is 0 Å². The summed E-state index contributed by atoms with van der Waals surface area (Å²) in [4.78, 5) is 26.5. The lowest BCUT2D eigenvalue weighted by molar-refractivity contribution is -0.0229. The molecule has 3 aliphatic rings. The first-order valence-electron chi connectivity index (χ1n) is 13.7. The molecule has 1 aromatic carbocycles. The lowest BCUT2D eigenvalue weighted by Gasteiger charge is -2.23. The largest absolute Gasteiger partial charge is 0.487 e. The zero-order valence-corrected chi connectivity index (χ0v) is 22.6. The van der Waals surface area contributed by atoms with Crippen LogP contribution in [-0.4, -0.2) is 45.4 Å². The predicted octanol–water partition coefficient (Wildman–Crippen LogP) is 5.33. The molecule has 10 heteroatoms. The van der Waals surface area contributed by atoms with Gasteiger partial charge in [0.1, 0.15) is 11.4 Å². The summed E-state index contributed by atoms with van der Waals surface area (Å²) >= 11 is 1.48. The van der Waals surface area contributed by atoms with Crippen molar-refractivity contribution in [3.63, 3.8) is 0 Å². The number of aryl methyl sites for hydroxylation is 2. The van der Waals surface area contributed by atoms with E-state index in [2.05, 4.69) is 10.0 Å². The number of carbonyl (C=O) groups is 2. The minimum absolute atomic E-state index is 0.130. The van der Waals surface area contributed by atoms with E-state index in [9.17, 15) is 18.4 Å². The molecule has 2 heterocycles. The molecule has 0 radical (unpaired) electrons. The molecule has 2 N–H and O–H groups in total. The summed E-state index contributed by atoms with van der Waals surface area (Å²) < 4.78 is 36.3. The first kappa shape index (κ1) is 27.0. The fraction of sp³-hybridized carbons (Fsp3) is 0.607. The maximum atomic E-state index is 13.3. The van der Waals surface area contributed by atoms with Crippen LogP contribution in [0.2, 0.25) is 0 Å². The second-order valence-electron chi connectivity index (χ2n) is 11.0. The number of carbonyl (C=O) groups excluding carboxylic acids is 2. The molecule has 2 aliphatic carbocycles. The molecule has 1 aliphatic heterocycles. The normalized spacial score (nSPS) is 19.8. The standard InChI is InChI=1S/C28H36F2N4O3S/c1-28(29,30)17-37-21-6-4-5-19(15-21)11-12-20-16-23-24(26(35)31-20)25(34(32-23)14-13-18-9-10-18)27(36)33-38-22-7-2-3-8-22/h4-6,15,18,20,22H,2-3,7-14,16-17H2,1H3,(H,31,35)(H,33,36). The van der Waals surface area contributed by atoms with E-state index in [4.69, 9.17) is 9.84 Å². The van der Waals surface area contributed by atoms with Gasteiger partial charge in [0.15, 0.2) is 6.61 Å². The molecule has 5 rings (SSSR count). The van der Waals surface area contributed by atoms with Crippen LogP contribution in [0.4, 0.5) is 8.78 Å². The molecule has 1 unspecified atom stereocenters. The highest BCUT2D eigenvalue weighted by Crippen LogP contribution is 2.34. The number of halogens is 2. The number of alkyl halides is 2. The number of amides is 2. The average Bonchev–Trinajstić information content (AvgIpc) is 3.41. The monoisotopic (exact) mass is 546 g/mol. The minimum atomic E-state index is -2.90. The van der Waals surface area contributed by atoms with E-state index in [-0.39, 0.29) is 17.9 Å². The number of hydrogen-bond acceptors (Lipinski definition) is 5. The Morgan fingerprint density at radius 3 is 2.76 bits per heavy atom. The molecule has 2 fully saturated rings. The van der Waals surface area contributed by atoms with E-state index in [1.54, 1.807) is 22.9 Å². The van der Waals surface area contributed by atoms with Crippen molar-refractivity contribution < 1.29 is 23.1 Å². The molecule has 0 saturated heterocycles. The van der Waals surface area contributed by atoms with Gasteiger partial charge in [-0.2, -0.15) is 5.10 Å². The van der Waals surface area contributed by atoms with Crippen LogP contribution >= 0.6 is 11.9 Å². The van der Waals surface area contributed by atoms with Gasteiger partial charge in [-0.1, -0.05) is 37.8 Å². The van der Waals surface area contributed by atoms with Gasteiger partial charge in [-0.25, -0.2) is 8.78 Å². The minimum Gasteiger partial charge on any atom is -0.487 e. The SMILES string of the molecule is CC(F)(F)COc1cccc(CCC2Cc3nn(CCC4CC4)c(C(=O)NSC4CCCC4)c3C(=O)N2)c1. The molecule has 2 aromatic rings. The zero-order valence-electron chi connectivity index (χ0n) is 21.8. The quantitative estimate of drug-likeness (QED) is 0.352. The number of fused-ring (bicyclic) bond motifs is 1. The van der Waals surface area contributed by atoms with Crippen LogP contribution in [0.5, 0.6) is 5.75 Å². The molecule has 7 nitrogen and oxygen atoms in total. The van der Waals surface area contributed by atoms with Gasteiger partial charge in [0, 0.05) is 31.2 Å². The second kappa shape index (κ2) is 11.6. The maximum Gasteiger partial charge on any atom is 0.280 e. The van der Waals surface area contributed by atoms with Crippen LogP contribution in [0.15, 0.2) is 24.3 Å². The van der Waals surface area contributed by atoms with Crippen LogP contribution in [0.25, 0.3) is 0 Å². The number of ether oxygens (including phenoxy) is 1. The van der Waals surface area contributed by atoms with E-state index < -0.39 is 12.5 Å². The third-order valence-corrected chi connectivity index (χ3v) is 8.59. The molecule has 0 spiro atoms. The Bertz CT molecular complexity index is 1160. The lowest BCUT2D eigenvalue weighted by Crippen LogP contribution is -2.42. The third-order valence-electron chi connectivity index (χ3n) is 7.48. The Hall–Kier alpha value is -2.62. The number of nitrogens with zero attached hydrogens (tertiary/aromatic N) is 2. The van der Waals surface area contributed by atoms with Crippen molar-refractivity contribution in [2.24, 2.45) is 5.92 Å². The van der Waals surface area contributed by atoms with Crippen molar-refractivity contribution in [3.05, 3.63) is 46.8 Å². The van der Waals surface area contributed by atoms with Gasteiger partial charge < -0.3 is 10.1 Å². The number of nitrogens with one attached hydrogen (secondary N) is 2. The predicted molar refractivity (Wildman–Crippen MR) is 143 cm³/mol. The summed E-state index contributed by atoms with van der Waals surface area (Å²) in [6.07, 6.45) is 9.84. The zero-order chi connectivity index (χ0) is 26.7. The van der Waals surface area contributed by atoms with Gasteiger partial charge in [-0.3, -0.25) is 19.0 Å². The summed E-state index contributed by atoms with van der Waals surface area (Å²) in [5.74, 6) is -2.31. The highest BCUT2D eigenvalue weighted by atomic mass is 32.2.